The van der Waals surface area contributed by atoms with Gasteiger partial charge in [-0.3, -0.25) is 19.5 Å². The molecule has 1 saturated carbocycles. The van der Waals surface area contributed by atoms with Gasteiger partial charge in [-0.05, 0) is 69.4 Å². The molecule has 1 N–H and O–H groups in total. The molecular formula is C30H36Cl2N4O4. The molecule has 214 valence electrons. The fraction of sp³-hybridized carbons (Fsp3) is 0.533. The maximum Gasteiger partial charge on any atom is 0.415 e. The number of halogens is 2. The highest BCUT2D eigenvalue weighted by atomic mass is 35.5. The Labute approximate surface area is 245 Å². The van der Waals surface area contributed by atoms with Gasteiger partial charge in [0.15, 0.2) is 11.5 Å². The van der Waals surface area contributed by atoms with Crippen molar-refractivity contribution in [3.8, 4) is 5.75 Å². The third-order valence-corrected chi connectivity index (χ3v) is 9.75. The first-order chi connectivity index (χ1) is 19.0. The zero-order valence-corrected chi connectivity index (χ0v) is 24.9. The van der Waals surface area contributed by atoms with Gasteiger partial charge in [-0.2, -0.15) is 0 Å². The molecule has 1 aliphatic carbocycles. The van der Waals surface area contributed by atoms with Crippen LogP contribution in [0.3, 0.4) is 0 Å². The third-order valence-electron chi connectivity index (χ3n) is 9.01. The van der Waals surface area contributed by atoms with E-state index < -0.39 is 11.6 Å². The van der Waals surface area contributed by atoms with Crippen LogP contribution >= 0.6 is 23.2 Å². The number of Topliss-reactive ketones (excluding diaryl/α,β-unsaturated/α-hetero) is 1. The van der Waals surface area contributed by atoms with Gasteiger partial charge in [-0.1, -0.05) is 36.2 Å². The number of likely N-dealkylation sites (tertiary alicyclic amines) is 1. The van der Waals surface area contributed by atoms with E-state index in [9.17, 15) is 14.4 Å². The fourth-order valence-corrected chi connectivity index (χ4v) is 6.49. The van der Waals surface area contributed by atoms with Crippen molar-refractivity contribution in [3.63, 3.8) is 0 Å². The fourth-order valence-electron chi connectivity index (χ4n) is 6.19. The summed E-state index contributed by atoms with van der Waals surface area (Å²) >= 11 is 12.6. The number of amides is 2. The van der Waals surface area contributed by atoms with Crippen molar-refractivity contribution in [2.45, 2.75) is 57.9 Å². The van der Waals surface area contributed by atoms with E-state index in [4.69, 9.17) is 27.9 Å². The molecular weight excluding hydrogens is 551 g/mol. The maximum absolute atomic E-state index is 14.6. The first-order valence-electron chi connectivity index (χ1n) is 13.9. The summed E-state index contributed by atoms with van der Waals surface area (Å²) < 4.78 is 5.80. The second-order valence-electron chi connectivity index (χ2n) is 11.7. The number of hydrogen-bond acceptors (Lipinski definition) is 6. The van der Waals surface area contributed by atoms with Crippen molar-refractivity contribution in [2.24, 2.45) is 11.3 Å². The quantitative estimate of drug-likeness (QED) is 0.502. The molecule has 3 heterocycles. The van der Waals surface area contributed by atoms with E-state index in [1.165, 1.54) is 4.90 Å². The van der Waals surface area contributed by atoms with Gasteiger partial charge in [0.25, 0.3) is 0 Å². The van der Waals surface area contributed by atoms with E-state index in [-0.39, 0.29) is 35.5 Å². The Hall–Kier alpha value is -2.68. The Bertz CT molecular complexity index is 1340. The minimum absolute atomic E-state index is 0.0310. The van der Waals surface area contributed by atoms with Crippen LogP contribution in [0, 0.1) is 25.2 Å². The SMILES string of the molecule is Cc1ccc(OC(=O)N(C)[C@]2(C(=O)C3CCN(C(=O)C4(C)CC4)CC3)CNC[C@H]2c2ccc(Cl)c(Cl)c2)c(C)n1. The number of aryl methyl sites for hydroxylation is 2. The summed E-state index contributed by atoms with van der Waals surface area (Å²) in [6, 6.07) is 8.85. The maximum atomic E-state index is 14.6. The minimum atomic E-state index is -1.22. The van der Waals surface area contributed by atoms with E-state index in [0.717, 1.165) is 24.1 Å². The van der Waals surface area contributed by atoms with E-state index in [0.29, 0.717) is 54.0 Å². The molecule has 40 heavy (non-hydrogen) atoms. The highest BCUT2D eigenvalue weighted by molar-refractivity contribution is 6.42. The number of piperidine rings is 1. The van der Waals surface area contributed by atoms with Crippen molar-refractivity contribution < 1.29 is 19.1 Å². The number of likely N-dealkylation sites (N-methyl/N-ethyl adjacent to an activating group) is 1. The van der Waals surface area contributed by atoms with Crippen LogP contribution in [0.4, 0.5) is 4.79 Å². The molecule has 5 rings (SSSR count). The van der Waals surface area contributed by atoms with Crippen LogP contribution in [0.25, 0.3) is 0 Å². The Morgan fingerprint density at radius 1 is 1.07 bits per heavy atom. The van der Waals surface area contributed by atoms with Gasteiger partial charge >= 0.3 is 6.09 Å². The zero-order chi connectivity index (χ0) is 28.8. The lowest BCUT2D eigenvalue weighted by atomic mass is 9.72. The summed E-state index contributed by atoms with van der Waals surface area (Å²) in [6.45, 7) is 7.48. The van der Waals surface area contributed by atoms with Gasteiger partial charge in [0.05, 0.1) is 15.7 Å². The number of nitrogens with one attached hydrogen (secondary N) is 1. The lowest BCUT2D eigenvalue weighted by Crippen LogP contribution is -2.62. The number of aromatic nitrogens is 1. The summed E-state index contributed by atoms with van der Waals surface area (Å²) in [7, 11) is 1.63. The lowest BCUT2D eigenvalue weighted by molar-refractivity contribution is -0.142. The van der Waals surface area contributed by atoms with Crippen LogP contribution in [-0.2, 0) is 9.59 Å². The standard InChI is InChI=1S/C30H36Cl2N4O4/c1-18-5-8-25(19(2)34-18)40-28(39)35(4)30(17-33-16-22(30)21-6-7-23(31)24(32)15-21)26(37)20-9-13-36(14-10-20)27(38)29(3)11-12-29/h5-8,15,20,22,33H,9-14,16-17H2,1-4H3/t22-,30+/m0/s1. The molecule has 10 heteroatoms. The predicted octanol–water partition coefficient (Wildman–Crippen LogP) is 5.17. The highest BCUT2D eigenvalue weighted by Crippen LogP contribution is 2.47. The predicted molar refractivity (Wildman–Crippen MR) is 154 cm³/mol. The second-order valence-corrected chi connectivity index (χ2v) is 12.6. The first-order valence-corrected chi connectivity index (χ1v) is 14.6. The topological polar surface area (TPSA) is 91.8 Å². The molecule has 8 nitrogen and oxygen atoms in total. The number of carbonyl (C=O) groups excluding carboxylic acids is 3. The number of hydrogen-bond donors (Lipinski definition) is 1. The van der Waals surface area contributed by atoms with Crippen LogP contribution in [0.1, 0.15) is 55.5 Å². The van der Waals surface area contributed by atoms with Crippen molar-refractivity contribution in [1.82, 2.24) is 20.1 Å². The Balaban J connectivity index is 1.45. The molecule has 2 amide bonds. The number of carbonyl (C=O) groups is 3. The van der Waals surface area contributed by atoms with Gasteiger partial charge < -0.3 is 15.0 Å². The summed E-state index contributed by atoms with van der Waals surface area (Å²) in [5.74, 6) is -0.181. The van der Waals surface area contributed by atoms with Crippen molar-refractivity contribution in [3.05, 3.63) is 57.3 Å². The zero-order valence-electron chi connectivity index (χ0n) is 23.4. The van der Waals surface area contributed by atoms with Crippen molar-refractivity contribution in [2.75, 3.05) is 33.2 Å². The molecule has 3 aliphatic rings. The summed E-state index contributed by atoms with van der Waals surface area (Å²) in [5.41, 5.74) is 0.764. The summed E-state index contributed by atoms with van der Waals surface area (Å²) in [4.78, 5) is 48.9. The Morgan fingerprint density at radius 2 is 1.77 bits per heavy atom. The minimum Gasteiger partial charge on any atom is -0.408 e. The first kappa shape index (κ1) is 28.8. The molecule has 0 unspecified atom stereocenters. The van der Waals surface area contributed by atoms with Gasteiger partial charge in [0.2, 0.25) is 5.91 Å². The summed E-state index contributed by atoms with van der Waals surface area (Å²) in [5, 5.41) is 4.18. The van der Waals surface area contributed by atoms with E-state index >= 15 is 0 Å². The lowest BCUT2D eigenvalue weighted by Gasteiger charge is -2.44. The van der Waals surface area contributed by atoms with Crippen molar-refractivity contribution in [1.29, 1.82) is 0 Å². The van der Waals surface area contributed by atoms with Crippen LogP contribution in [0.2, 0.25) is 10.0 Å². The van der Waals surface area contributed by atoms with Gasteiger partial charge in [0.1, 0.15) is 5.54 Å². The van der Waals surface area contributed by atoms with Crippen LogP contribution in [0.5, 0.6) is 5.75 Å². The number of benzene rings is 1. The molecule has 2 aromatic rings. The van der Waals surface area contributed by atoms with Crippen LogP contribution < -0.4 is 10.1 Å². The number of rotatable bonds is 6. The van der Waals surface area contributed by atoms with Gasteiger partial charge in [-0.25, -0.2) is 4.79 Å². The molecule has 1 aromatic heterocycles. The molecule has 0 spiro atoms. The summed E-state index contributed by atoms with van der Waals surface area (Å²) in [6.07, 6.45) is 2.33. The second kappa shape index (κ2) is 11.0. The van der Waals surface area contributed by atoms with E-state index in [1.54, 1.807) is 38.2 Å². The smallest absolute Gasteiger partial charge is 0.408 e. The molecule has 2 atom stereocenters. The van der Waals surface area contributed by atoms with Crippen molar-refractivity contribution >= 4 is 41.0 Å². The number of ether oxygens (including phenoxy) is 1. The number of ketones is 1. The highest BCUT2D eigenvalue weighted by Gasteiger charge is 2.57. The monoisotopic (exact) mass is 586 g/mol. The Kier molecular flexibility index (Phi) is 7.89. The number of pyridine rings is 1. The van der Waals surface area contributed by atoms with Gasteiger partial charge in [-0.15, -0.1) is 0 Å². The van der Waals surface area contributed by atoms with Crippen LogP contribution in [-0.4, -0.2) is 71.3 Å². The van der Waals surface area contributed by atoms with E-state index in [1.807, 2.05) is 24.8 Å². The van der Waals surface area contributed by atoms with E-state index in [2.05, 4.69) is 10.3 Å². The molecule has 3 fully saturated rings. The molecule has 0 radical (unpaired) electrons. The average Bonchev–Trinajstić information content (AvgIpc) is 3.54. The largest absolute Gasteiger partial charge is 0.415 e. The average molecular weight is 588 g/mol. The Morgan fingerprint density at radius 3 is 2.40 bits per heavy atom. The molecule has 0 bridgehead atoms. The van der Waals surface area contributed by atoms with Crippen LogP contribution in [0.15, 0.2) is 30.3 Å². The normalized spacial score (nSPS) is 24.1. The molecule has 2 saturated heterocycles. The molecule has 1 aromatic carbocycles. The molecule has 2 aliphatic heterocycles. The van der Waals surface area contributed by atoms with Gasteiger partial charge in [0, 0.05) is 56.2 Å². The number of nitrogens with zero attached hydrogens (tertiary/aromatic N) is 3. The third kappa shape index (κ3) is 5.21.